The normalized spacial score (nSPS) is 12.9. The molecule has 0 radical (unpaired) electrons. The molecule has 2 heterocycles. The molecule has 0 saturated heterocycles. The molecule has 2 amide bonds. The smallest absolute Gasteiger partial charge is 0.256 e. The van der Waals surface area contributed by atoms with Gasteiger partial charge in [-0.1, -0.05) is 54.6 Å². The molecule has 0 spiro atoms. The van der Waals surface area contributed by atoms with Crippen LogP contribution < -0.4 is 10.6 Å². The van der Waals surface area contributed by atoms with Crippen LogP contribution in [0.5, 0.6) is 0 Å². The molecule has 5 rings (SSSR count). The van der Waals surface area contributed by atoms with Gasteiger partial charge in [0.1, 0.15) is 0 Å². The van der Waals surface area contributed by atoms with Gasteiger partial charge in [-0.2, -0.15) is 0 Å². The van der Waals surface area contributed by atoms with Crippen LogP contribution in [-0.4, -0.2) is 23.3 Å². The van der Waals surface area contributed by atoms with Gasteiger partial charge >= 0.3 is 0 Å². The molecular formula is C25H19N3O2. The van der Waals surface area contributed by atoms with Crippen LogP contribution in [0.4, 0.5) is 5.69 Å². The van der Waals surface area contributed by atoms with E-state index in [1.807, 2.05) is 72.8 Å². The van der Waals surface area contributed by atoms with E-state index in [2.05, 4.69) is 10.6 Å². The van der Waals surface area contributed by atoms with Crippen LogP contribution in [0.15, 0.2) is 78.9 Å². The van der Waals surface area contributed by atoms with Gasteiger partial charge in [0.05, 0.1) is 16.8 Å². The van der Waals surface area contributed by atoms with Gasteiger partial charge in [-0.3, -0.25) is 9.59 Å². The van der Waals surface area contributed by atoms with Gasteiger partial charge < -0.3 is 10.6 Å². The van der Waals surface area contributed by atoms with Crippen molar-refractivity contribution in [2.45, 2.75) is 6.42 Å². The van der Waals surface area contributed by atoms with E-state index >= 15 is 0 Å². The van der Waals surface area contributed by atoms with E-state index in [-0.39, 0.29) is 11.8 Å². The fourth-order valence-electron chi connectivity index (χ4n) is 3.81. The van der Waals surface area contributed by atoms with Crippen molar-refractivity contribution in [1.82, 2.24) is 10.3 Å². The Morgan fingerprint density at radius 2 is 1.73 bits per heavy atom. The lowest BCUT2D eigenvalue weighted by Crippen LogP contribution is -2.31. The topological polar surface area (TPSA) is 71.1 Å². The number of nitrogens with zero attached hydrogens (tertiary/aromatic N) is 1. The van der Waals surface area contributed by atoms with E-state index < -0.39 is 0 Å². The summed E-state index contributed by atoms with van der Waals surface area (Å²) < 4.78 is 0. The molecule has 1 aliphatic heterocycles. The lowest BCUT2D eigenvalue weighted by molar-refractivity contribution is 0.0944. The van der Waals surface area contributed by atoms with E-state index in [1.165, 1.54) is 0 Å². The van der Waals surface area contributed by atoms with Crippen LogP contribution in [-0.2, 0) is 6.42 Å². The monoisotopic (exact) mass is 393 g/mol. The minimum Gasteiger partial charge on any atom is -0.352 e. The summed E-state index contributed by atoms with van der Waals surface area (Å²) in [6, 6.07) is 24.7. The first kappa shape index (κ1) is 18.1. The Balaban J connectivity index is 1.55. The highest BCUT2D eigenvalue weighted by atomic mass is 16.2. The quantitative estimate of drug-likeness (QED) is 0.541. The molecule has 30 heavy (non-hydrogen) atoms. The molecule has 0 bridgehead atoms. The molecule has 3 aromatic carbocycles. The zero-order valence-corrected chi connectivity index (χ0v) is 16.2. The second kappa shape index (κ2) is 7.44. The highest BCUT2D eigenvalue weighted by molar-refractivity contribution is 6.13. The summed E-state index contributed by atoms with van der Waals surface area (Å²) in [6.45, 7) is 0.642. The van der Waals surface area contributed by atoms with Gasteiger partial charge in [0.15, 0.2) is 0 Å². The van der Waals surface area contributed by atoms with Crippen molar-refractivity contribution in [2.24, 2.45) is 0 Å². The molecule has 4 aromatic rings. The Hall–Kier alpha value is -3.99. The Morgan fingerprint density at radius 1 is 0.933 bits per heavy atom. The number of pyridine rings is 1. The molecule has 1 aliphatic rings. The Kier molecular flexibility index (Phi) is 4.48. The molecule has 2 N–H and O–H groups in total. The van der Waals surface area contributed by atoms with Crippen molar-refractivity contribution in [3.8, 4) is 11.3 Å². The molecule has 0 fully saturated rings. The van der Waals surface area contributed by atoms with Gasteiger partial charge in [-0.15, -0.1) is 0 Å². The van der Waals surface area contributed by atoms with Crippen LogP contribution in [0, 0.1) is 0 Å². The number of aromatic nitrogens is 1. The number of anilines is 1. The maximum atomic E-state index is 13.2. The molecule has 0 aliphatic carbocycles. The zero-order valence-electron chi connectivity index (χ0n) is 16.2. The van der Waals surface area contributed by atoms with Gasteiger partial charge in [-0.05, 0) is 36.2 Å². The minimum atomic E-state index is -0.234. The number of hydrogen-bond donors (Lipinski definition) is 2. The number of nitrogens with one attached hydrogen (secondary N) is 2. The molecule has 0 saturated carbocycles. The van der Waals surface area contributed by atoms with Crippen molar-refractivity contribution in [3.05, 3.63) is 95.6 Å². The summed E-state index contributed by atoms with van der Waals surface area (Å²) in [5.74, 6) is -0.338. The van der Waals surface area contributed by atoms with Crippen molar-refractivity contribution in [1.29, 1.82) is 0 Å². The zero-order chi connectivity index (χ0) is 20.5. The van der Waals surface area contributed by atoms with Gasteiger partial charge in [-0.25, -0.2) is 4.98 Å². The third kappa shape index (κ3) is 3.31. The fraction of sp³-hybridized carbons (Fsp3) is 0.0800. The average molecular weight is 393 g/mol. The second-order valence-electron chi connectivity index (χ2n) is 7.27. The average Bonchev–Trinajstić information content (AvgIpc) is 2.79. The molecule has 5 heteroatoms. The largest absolute Gasteiger partial charge is 0.352 e. The maximum absolute atomic E-state index is 13.2. The van der Waals surface area contributed by atoms with Crippen molar-refractivity contribution >= 4 is 28.4 Å². The molecule has 5 nitrogen and oxygen atoms in total. The molecule has 0 atom stereocenters. The summed E-state index contributed by atoms with van der Waals surface area (Å²) in [5, 5.41) is 6.58. The Bertz CT molecular complexity index is 1280. The maximum Gasteiger partial charge on any atom is 0.256 e. The van der Waals surface area contributed by atoms with Crippen LogP contribution in [0.25, 0.3) is 22.2 Å². The van der Waals surface area contributed by atoms with E-state index in [4.69, 9.17) is 4.98 Å². The van der Waals surface area contributed by atoms with Crippen LogP contribution >= 0.6 is 0 Å². The predicted octanol–water partition coefficient (Wildman–Crippen LogP) is 4.44. The summed E-state index contributed by atoms with van der Waals surface area (Å²) in [7, 11) is 0. The highest BCUT2D eigenvalue weighted by Gasteiger charge is 2.18. The van der Waals surface area contributed by atoms with Gasteiger partial charge in [0, 0.05) is 28.7 Å². The number of rotatable bonds is 3. The number of carbonyl (C=O) groups excluding carboxylic acids is 2. The van der Waals surface area contributed by atoms with Crippen molar-refractivity contribution in [3.63, 3.8) is 0 Å². The SMILES string of the molecule is O=C1NCCc2ccc(NC(=O)c3cc(-c4ccccc4)nc4ccccc34)cc21. The first-order valence-corrected chi connectivity index (χ1v) is 9.87. The summed E-state index contributed by atoms with van der Waals surface area (Å²) in [4.78, 5) is 30.1. The van der Waals surface area contributed by atoms with E-state index in [0.717, 1.165) is 34.1 Å². The standard InChI is InChI=1S/C25H19N3O2/c29-24-20-14-18(11-10-16(20)12-13-26-24)27-25(30)21-15-23(17-6-2-1-3-7-17)28-22-9-5-4-8-19(21)22/h1-11,14-15H,12-13H2,(H,26,29)(H,27,30). The Morgan fingerprint density at radius 3 is 2.60 bits per heavy atom. The minimum absolute atomic E-state index is 0.104. The molecule has 1 aromatic heterocycles. The third-order valence-corrected chi connectivity index (χ3v) is 5.32. The van der Waals surface area contributed by atoms with E-state index in [9.17, 15) is 9.59 Å². The predicted molar refractivity (Wildman–Crippen MR) is 118 cm³/mol. The first-order valence-electron chi connectivity index (χ1n) is 9.87. The number of amides is 2. The van der Waals surface area contributed by atoms with Crippen LogP contribution in [0.3, 0.4) is 0 Å². The fourth-order valence-corrected chi connectivity index (χ4v) is 3.81. The third-order valence-electron chi connectivity index (χ3n) is 5.32. The molecule has 0 unspecified atom stereocenters. The summed E-state index contributed by atoms with van der Waals surface area (Å²) in [6.07, 6.45) is 0.796. The lowest BCUT2D eigenvalue weighted by Gasteiger charge is -2.17. The summed E-state index contributed by atoms with van der Waals surface area (Å²) >= 11 is 0. The number of para-hydroxylation sites is 1. The first-order chi connectivity index (χ1) is 14.7. The van der Waals surface area contributed by atoms with E-state index in [0.29, 0.717) is 23.4 Å². The van der Waals surface area contributed by atoms with Crippen LogP contribution in [0.2, 0.25) is 0 Å². The number of fused-ring (bicyclic) bond motifs is 2. The lowest BCUT2D eigenvalue weighted by atomic mass is 9.99. The molecule has 146 valence electrons. The number of carbonyl (C=O) groups is 2. The summed E-state index contributed by atoms with van der Waals surface area (Å²) in [5.41, 5.74) is 5.20. The number of benzene rings is 3. The van der Waals surface area contributed by atoms with Crippen molar-refractivity contribution < 1.29 is 9.59 Å². The van der Waals surface area contributed by atoms with E-state index in [1.54, 1.807) is 6.07 Å². The van der Waals surface area contributed by atoms with Crippen LogP contribution in [0.1, 0.15) is 26.3 Å². The number of hydrogen-bond acceptors (Lipinski definition) is 3. The molecular weight excluding hydrogens is 374 g/mol. The highest BCUT2D eigenvalue weighted by Crippen LogP contribution is 2.26. The van der Waals surface area contributed by atoms with Crippen molar-refractivity contribution in [2.75, 3.05) is 11.9 Å². The second-order valence-corrected chi connectivity index (χ2v) is 7.27. The van der Waals surface area contributed by atoms with Gasteiger partial charge in [0.2, 0.25) is 0 Å². The van der Waals surface area contributed by atoms with Gasteiger partial charge in [0.25, 0.3) is 11.8 Å². The Labute approximate surface area is 173 Å².